The number of hydrogen-bond acceptors (Lipinski definition) is 2. The van der Waals surface area contributed by atoms with Crippen molar-refractivity contribution in [2.75, 3.05) is 25.0 Å². The van der Waals surface area contributed by atoms with Gasteiger partial charge in [0.1, 0.15) is 0 Å². The highest BCUT2D eigenvalue weighted by molar-refractivity contribution is 5.47. The summed E-state index contributed by atoms with van der Waals surface area (Å²) in [5.74, 6) is 1.21. The minimum Gasteiger partial charge on any atom is -0.375 e. The Balaban J connectivity index is 2.54. The second-order valence-electron chi connectivity index (χ2n) is 5.30. The Bertz CT molecular complexity index is 316. The number of nitrogens with zero attached hydrogens (tertiary/aromatic N) is 1. The van der Waals surface area contributed by atoms with Crippen LogP contribution in [-0.2, 0) is 0 Å². The molecule has 2 heteroatoms. The molecular weight excluding hydrogens is 208 g/mol. The Hall–Kier alpha value is -1.02. The minimum atomic E-state index is 0.603. The first kappa shape index (κ1) is 14.0. The van der Waals surface area contributed by atoms with Crippen molar-refractivity contribution in [3.05, 3.63) is 29.8 Å². The van der Waals surface area contributed by atoms with E-state index in [0.717, 1.165) is 19.5 Å². The summed E-state index contributed by atoms with van der Waals surface area (Å²) in [6, 6.07) is 8.87. The molecule has 0 bridgehead atoms. The van der Waals surface area contributed by atoms with Crippen molar-refractivity contribution in [2.45, 2.75) is 33.1 Å². The van der Waals surface area contributed by atoms with Crippen molar-refractivity contribution in [1.82, 2.24) is 0 Å². The zero-order chi connectivity index (χ0) is 12.8. The van der Waals surface area contributed by atoms with Gasteiger partial charge in [0, 0.05) is 19.3 Å². The SMILES string of the molecule is CC(CN)CCN(C)c1ccc(C(C)C)cc1. The molecule has 0 saturated carbocycles. The maximum absolute atomic E-state index is 5.63. The average molecular weight is 234 g/mol. The van der Waals surface area contributed by atoms with Gasteiger partial charge < -0.3 is 10.6 Å². The van der Waals surface area contributed by atoms with Gasteiger partial charge in [0.05, 0.1) is 0 Å². The second kappa shape index (κ2) is 6.65. The van der Waals surface area contributed by atoms with E-state index in [1.54, 1.807) is 0 Å². The van der Waals surface area contributed by atoms with E-state index < -0.39 is 0 Å². The van der Waals surface area contributed by atoms with E-state index in [9.17, 15) is 0 Å². The smallest absolute Gasteiger partial charge is 0.0363 e. The molecule has 0 fully saturated rings. The van der Waals surface area contributed by atoms with E-state index in [1.807, 2.05) is 0 Å². The first-order valence-electron chi connectivity index (χ1n) is 6.55. The molecule has 1 aromatic rings. The molecule has 0 amide bonds. The molecule has 2 N–H and O–H groups in total. The van der Waals surface area contributed by atoms with Crippen LogP contribution in [0.3, 0.4) is 0 Å². The van der Waals surface area contributed by atoms with Crippen LogP contribution in [0.1, 0.15) is 38.7 Å². The summed E-state index contributed by atoms with van der Waals surface area (Å²) in [6.45, 7) is 8.50. The maximum Gasteiger partial charge on any atom is 0.0363 e. The standard InChI is InChI=1S/C15H26N2/c1-12(2)14-5-7-15(8-6-14)17(4)10-9-13(3)11-16/h5-8,12-13H,9-11,16H2,1-4H3. The first-order chi connectivity index (χ1) is 8.04. The zero-order valence-electron chi connectivity index (χ0n) is 11.6. The molecule has 96 valence electrons. The number of rotatable bonds is 6. The van der Waals surface area contributed by atoms with E-state index in [-0.39, 0.29) is 0 Å². The van der Waals surface area contributed by atoms with Crippen LogP contribution in [0.5, 0.6) is 0 Å². The fraction of sp³-hybridized carbons (Fsp3) is 0.600. The van der Waals surface area contributed by atoms with Crippen molar-refractivity contribution in [2.24, 2.45) is 11.7 Å². The molecule has 0 radical (unpaired) electrons. The Kier molecular flexibility index (Phi) is 5.49. The van der Waals surface area contributed by atoms with Gasteiger partial charge in [-0.1, -0.05) is 32.9 Å². The monoisotopic (exact) mass is 234 g/mol. The van der Waals surface area contributed by atoms with Gasteiger partial charge >= 0.3 is 0 Å². The van der Waals surface area contributed by atoms with Crippen LogP contribution in [0.4, 0.5) is 5.69 Å². The first-order valence-corrected chi connectivity index (χ1v) is 6.55. The molecule has 1 unspecified atom stereocenters. The normalized spacial score (nSPS) is 12.8. The van der Waals surface area contributed by atoms with Crippen molar-refractivity contribution in [1.29, 1.82) is 0 Å². The van der Waals surface area contributed by atoms with E-state index >= 15 is 0 Å². The lowest BCUT2D eigenvalue weighted by molar-refractivity contribution is 0.545. The molecule has 17 heavy (non-hydrogen) atoms. The van der Waals surface area contributed by atoms with Crippen molar-refractivity contribution < 1.29 is 0 Å². The minimum absolute atomic E-state index is 0.603. The van der Waals surface area contributed by atoms with E-state index in [0.29, 0.717) is 11.8 Å². The molecule has 0 aliphatic carbocycles. The summed E-state index contributed by atoms with van der Waals surface area (Å²) < 4.78 is 0. The lowest BCUT2D eigenvalue weighted by atomic mass is 10.0. The summed E-state index contributed by atoms with van der Waals surface area (Å²) in [4.78, 5) is 2.30. The molecule has 0 saturated heterocycles. The average Bonchev–Trinajstić information content (AvgIpc) is 2.35. The van der Waals surface area contributed by atoms with Crippen molar-refractivity contribution >= 4 is 5.69 Å². The van der Waals surface area contributed by atoms with Crippen LogP contribution in [0.2, 0.25) is 0 Å². The molecule has 0 spiro atoms. The van der Waals surface area contributed by atoms with Gasteiger partial charge in [-0.05, 0) is 42.5 Å². The third-order valence-corrected chi connectivity index (χ3v) is 3.36. The highest BCUT2D eigenvalue weighted by atomic mass is 15.1. The lowest BCUT2D eigenvalue weighted by Crippen LogP contribution is -2.22. The van der Waals surface area contributed by atoms with E-state index in [2.05, 4.69) is 57.0 Å². The molecule has 1 atom stereocenters. The molecule has 2 nitrogen and oxygen atoms in total. The predicted molar refractivity (Wildman–Crippen MR) is 76.6 cm³/mol. The van der Waals surface area contributed by atoms with Gasteiger partial charge in [-0.3, -0.25) is 0 Å². The summed E-state index contributed by atoms with van der Waals surface area (Å²) >= 11 is 0. The predicted octanol–water partition coefficient (Wildman–Crippen LogP) is 3.23. The summed E-state index contributed by atoms with van der Waals surface area (Å²) in [7, 11) is 2.15. The summed E-state index contributed by atoms with van der Waals surface area (Å²) in [6.07, 6.45) is 1.15. The lowest BCUT2D eigenvalue weighted by Gasteiger charge is -2.21. The summed E-state index contributed by atoms with van der Waals surface area (Å²) in [5, 5.41) is 0. The Morgan fingerprint density at radius 1 is 1.12 bits per heavy atom. The maximum atomic E-state index is 5.63. The van der Waals surface area contributed by atoms with Gasteiger partial charge in [-0.25, -0.2) is 0 Å². The molecule has 1 rings (SSSR count). The fourth-order valence-corrected chi connectivity index (χ4v) is 1.77. The third kappa shape index (κ3) is 4.39. The highest BCUT2D eigenvalue weighted by Crippen LogP contribution is 2.19. The second-order valence-corrected chi connectivity index (χ2v) is 5.30. The van der Waals surface area contributed by atoms with Crippen molar-refractivity contribution in [3.8, 4) is 0 Å². The van der Waals surface area contributed by atoms with Crippen LogP contribution in [0.25, 0.3) is 0 Å². The Morgan fingerprint density at radius 2 is 1.71 bits per heavy atom. The van der Waals surface area contributed by atoms with Gasteiger partial charge in [0.25, 0.3) is 0 Å². The molecule has 0 aromatic heterocycles. The molecule has 0 heterocycles. The van der Waals surface area contributed by atoms with Crippen LogP contribution in [-0.4, -0.2) is 20.1 Å². The third-order valence-electron chi connectivity index (χ3n) is 3.36. The Morgan fingerprint density at radius 3 is 2.18 bits per heavy atom. The largest absolute Gasteiger partial charge is 0.375 e. The van der Waals surface area contributed by atoms with Gasteiger partial charge in [0.15, 0.2) is 0 Å². The Labute approximate surface area is 106 Å². The molecular formula is C15H26N2. The van der Waals surface area contributed by atoms with Gasteiger partial charge in [-0.2, -0.15) is 0 Å². The van der Waals surface area contributed by atoms with Crippen LogP contribution < -0.4 is 10.6 Å². The number of benzene rings is 1. The number of nitrogens with two attached hydrogens (primary N) is 1. The molecule has 0 aliphatic rings. The zero-order valence-corrected chi connectivity index (χ0v) is 11.6. The van der Waals surface area contributed by atoms with Gasteiger partial charge in [0.2, 0.25) is 0 Å². The highest BCUT2D eigenvalue weighted by Gasteiger charge is 2.05. The van der Waals surface area contributed by atoms with E-state index in [4.69, 9.17) is 5.73 Å². The van der Waals surface area contributed by atoms with E-state index in [1.165, 1.54) is 11.3 Å². The van der Waals surface area contributed by atoms with Gasteiger partial charge in [-0.15, -0.1) is 0 Å². The molecule has 1 aromatic carbocycles. The van der Waals surface area contributed by atoms with Crippen LogP contribution in [0.15, 0.2) is 24.3 Å². The fourth-order valence-electron chi connectivity index (χ4n) is 1.77. The number of anilines is 1. The molecule has 0 aliphatic heterocycles. The van der Waals surface area contributed by atoms with Crippen LogP contribution >= 0.6 is 0 Å². The quantitative estimate of drug-likeness (QED) is 0.819. The number of hydrogen-bond donors (Lipinski definition) is 1. The summed E-state index contributed by atoms with van der Waals surface area (Å²) in [5.41, 5.74) is 8.32. The van der Waals surface area contributed by atoms with Crippen LogP contribution in [0, 0.1) is 5.92 Å². The topological polar surface area (TPSA) is 29.3 Å². The van der Waals surface area contributed by atoms with Crippen molar-refractivity contribution in [3.63, 3.8) is 0 Å².